The van der Waals surface area contributed by atoms with Gasteiger partial charge in [0.15, 0.2) is 0 Å². The molecule has 0 unspecified atom stereocenters. The molecule has 0 saturated heterocycles. The van der Waals surface area contributed by atoms with Crippen molar-refractivity contribution in [3.63, 3.8) is 0 Å². The van der Waals surface area contributed by atoms with Gasteiger partial charge in [0, 0.05) is 6.20 Å². The van der Waals surface area contributed by atoms with Crippen LogP contribution in [0.15, 0.2) is 158 Å². The summed E-state index contributed by atoms with van der Waals surface area (Å²) in [6, 6.07) is 62.2. The average Bonchev–Trinajstić information content (AvgIpc) is 3.80. The first-order valence-corrected chi connectivity index (χ1v) is 25.0. The van der Waals surface area contributed by atoms with E-state index in [0.717, 1.165) is 66.0 Å². The van der Waals surface area contributed by atoms with Crippen LogP contribution in [0.25, 0.3) is 72.3 Å². The molecule has 7 aromatic carbocycles. The van der Waals surface area contributed by atoms with Crippen LogP contribution >= 0.6 is 0 Å². The van der Waals surface area contributed by atoms with Crippen LogP contribution in [-0.2, 0) is 42.0 Å². The van der Waals surface area contributed by atoms with Gasteiger partial charge in [-0.15, -0.1) is 0 Å². The molecular formula is C62H56N4OPt-2. The Kier molecular flexibility index (Phi) is 10.7. The molecule has 0 bridgehead atoms. The first kappa shape index (κ1) is 44.0. The number of imidazole rings is 1. The van der Waals surface area contributed by atoms with Gasteiger partial charge in [-0.3, -0.25) is 0 Å². The van der Waals surface area contributed by atoms with E-state index in [2.05, 4.69) is 228 Å². The standard InChI is InChI=1S/C62H56N4O.Pt/c1-60(2,3)44-33-43(34-45(36-44)61(4,5)6)50-25-17-24-49(41-19-10-9-11-20-41)59(50)65-40-64(54-26-12-13-27-55(54)65)46-22-16-23-47(37-46)67-48-29-30-51-52-35-42-21-18-31-62(7,8)53(42)39-57(52)66(56(51)38-48)58-28-14-15-32-63-58;/h9-17,19-20,22-30,32-36,39H,18,21,31H2,1-8H3;/q-2;. The zero-order valence-corrected chi connectivity index (χ0v) is 42.4. The van der Waals surface area contributed by atoms with E-state index in [-0.39, 0.29) is 16.2 Å². The molecule has 1 aliphatic rings. The molecule has 3 aromatic heterocycles. The van der Waals surface area contributed by atoms with Crippen LogP contribution in [0, 0.1) is 15.9 Å². The Morgan fingerprint density at radius 2 is 1.25 bits per heavy atom. The topological polar surface area (TPSA) is 36.9 Å². The first-order chi connectivity index (χ1) is 32.6. The number of aromatic nitrogens is 4. The summed E-state index contributed by atoms with van der Waals surface area (Å²) in [5.41, 5.74) is 16.5. The minimum absolute atomic E-state index is 0.0359. The van der Waals surface area contributed by atoms with Crippen LogP contribution in [0.5, 0.6) is 11.5 Å². The van der Waals surface area contributed by atoms with E-state index in [1.807, 2.05) is 30.5 Å². The van der Waals surface area contributed by atoms with E-state index in [4.69, 9.17) is 9.72 Å². The second kappa shape index (κ2) is 16.6. The number of pyridine rings is 1. The molecule has 68 heavy (non-hydrogen) atoms. The molecule has 0 atom stereocenters. The Labute approximate surface area is 411 Å². The van der Waals surface area contributed by atoms with Crippen molar-refractivity contribution in [2.45, 2.75) is 90.9 Å². The Balaban J connectivity index is 1.07. The van der Waals surface area contributed by atoms with Gasteiger partial charge in [0.25, 0.3) is 0 Å². The molecule has 0 N–H and O–H groups in total. The zero-order valence-electron chi connectivity index (χ0n) is 40.1. The van der Waals surface area contributed by atoms with Gasteiger partial charge in [0.1, 0.15) is 0 Å². The summed E-state index contributed by atoms with van der Waals surface area (Å²) in [5, 5.41) is 2.35. The summed E-state index contributed by atoms with van der Waals surface area (Å²) in [6.07, 6.45) is 5.34. The van der Waals surface area contributed by atoms with Crippen LogP contribution in [0.4, 0.5) is 0 Å². The van der Waals surface area contributed by atoms with Crippen molar-refractivity contribution in [1.82, 2.24) is 18.7 Å². The number of para-hydroxylation sites is 3. The Morgan fingerprint density at radius 1 is 0.588 bits per heavy atom. The number of nitrogens with zero attached hydrogens (tertiary/aromatic N) is 4. The van der Waals surface area contributed by atoms with Gasteiger partial charge in [0.2, 0.25) is 0 Å². The molecular weight excluding hydrogens is 1010 g/mol. The molecule has 0 spiro atoms. The van der Waals surface area contributed by atoms with Crippen molar-refractivity contribution >= 4 is 32.8 Å². The maximum atomic E-state index is 6.78. The molecule has 3 heterocycles. The fourth-order valence-corrected chi connectivity index (χ4v) is 11.4. The normalized spacial score (nSPS) is 13.9. The summed E-state index contributed by atoms with van der Waals surface area (Å²) in [6.45, 7) is 18.6. The molecule has 6 heteroatoms. The predicted molar refractivity (Wildman–Crippen MR) is 276 cm³/mol. The SMILES string of the molecule is CC(C)(C)c1cc(-c2cccc(-c3ccccc3)c2-n2[c](=[Pt])n(-c3[c-]c(Oc4[c-]c5c(cc4)c4cc6c(cc4n5-c4ccccn4)C(C)(C)CCC6)ccc3)c3ccccc32)cc(C(C)(C)C)c1. The fraction of sp³-hybridized carbons (Fsp3) is 0.226. The number of rotatable bonds is 7. The average molecular weight is 1070 g/mol. The van der Waals surface area contributed by atoms with Crippen LogP contribution in [-0.4, -0.2) is 18.7 Å². The third-order valence-electron chi connectivity index (χ3n) is 14.0. The van der Waals surface area contributed by atoms with Crippen molar-refractivity contribution in [2.75, 3.05) is 0 Å². The first-order valence-electron chi connectivity index (χ1n) is 23.8. The minimum atomic E-state index is -0.0359. The summed E-state index contributed by atoms with van der Waals surface area (Å²) in [4.78, 5) is 4.85. The quantitative estimate of drug-likeness (QED) is 0.149. The predicted octanol–water partition coefficient (Wildman–Crippen LogP) is 15.9. The number of benzene rings is 7. The van der Waals surface area contributed by atoms with E-state index in [1.54, 1.807) is 0 Å². The van der Waals surface area contributed by atoms with E-state index < -0.39 is 0 Å². The zero-order chi connectivity index (χ0) is 47.1. The molecule has 0 saturated carbocycles. The molecule has 0 radical (unpaired) electrons. The van der Waals surface area contributed by atoms with Crippen molar-refractivity contribution in [2.24, 2.45) is 0 Å². The van der Waals surface area contributed by atoms with Crippen molar-refractivity contribution in [3.8, 4) is 50.9 Å². The van der Waals surface area contributed by atoms with Crippen molar-refractivity contribution in [1.29, 1.82) is 0 Å². The van der Waals surface area contributed by atoms with E-state index in [0.29, 0.717) is 11.5 Å². The van der Waals surface area contributed by atoms with Crippen LogP contribution in [0.3, 0.4) is 0 Å². The molecule has 10 aromatic rings. The third kappa shape index (κ3) is 7.70. The second-order valence-corrected chi connectivity index (χ2v) is 22.2. The van der Waals surface area contributed by atoms with Gasteiger partial charge in [-0.25, -0.2) is 0 Å². The van der Waals surface area contributed by atoms with Gasteiger partial charge in [-0.1, -0.05) is 19.9 Å². The molecule has 0 amide bonds. The Bertz CT molecular complexity index is 3600. The molecule has 11 rings (SSSR count). The van der Waals surface area contributed by atoms with Crippen LogP contribution < -0.4 is 4.74 Å². The van der Waals surface area contributed by atoms with Gasteiger partial charge < -0.3 is 0 Å². The molecule has 5 nitrogen and oxygen atoms in total. The van der Waals surface area contributed by atoms with Gasteiger partial charge in [-0.2, -0.15) is 0 Å². The number of hydrogen-bond donors (Lipinski definition) is 0. The van der Waals surface area contributed by atoms with Crippen LogP contribution in [0.1, 0.15) is 90.5 Å². The van der Waals surface area contributed by atoms with Gasteiger partial charge in [-0.05, 0) is 41.9 Å². The third-order valence-corrected chi connectivity index (χ3v) is 15.0. The Hall–Kier alpha value is -6.55. The summed E-state index contributed by atoms with van der Waals surface area (Å²) < 4.78 is 14.8. The second-order valence-electron chi connectivity index (χ2n) is 21.1. The van der Waals surface area contributed by atoms with E-state index >= 15 is 0 Å². The summed E-state index contributed by atoms with van der Waals surface area (Å²) in [7, 11) is 0. The molecule has 342 valence electrons. The monoisotopic (exact) mass is 1070 g/mol. The summed E-state index contributed by atoms with van der Waals surface area (Å²) in [5.74, 6) is 2.08. The molecule has 1 aliphatic carbocycles. The number of aryl methyl sites for hydroxylation is 1. The number of ether oxygens (including phenoxy) is 1. The maximum absolute atomic E-state index is 6.78. The van der Waals surface area contributed by atoms with E-state index in [9.17, 15) is 0 Å². The van der Waals surface area contributed by atoms with Crippen molar-refractivity contribution < 1.29 is 24.1 Å². The number of fused-ring (bicyclic) bond motifs is 5. The fourth-order valence-electron chi connectivity index (χ4n) is 10.3. The summed E-state index contributed by atoms with van der Waals surface area (Å²) >= 11 is 2.52. The van der Waals surface area contributed by atoms with Crippen LogP contribution in [0.2, 0.25) is 0 Å². The van der Waals surface area contributed by atoms with Crippen molar-refractivity contribution in [3.05, 3.63) is 196 Å². The van der Waals surface area contributed by atoms with E-state index in [1.165, 1.54) is 51.6 Å². The number of hydrogen-bond acceptors (Lipinski definition) is 2. The molecule has 0 fully saturated rings. The van der Waals surface area contributed by atoms with Gasteiger partial charge in [0.05, 0.1) is 0 Å². The van der Waals surface area contributed by atoms with Gasteiger partial charge >= 0.3 is 346 Å². The Morgan fingerprint density at radius 3 is 1.96 bits per heavy atom. The molecule has 0 aliphatic heterocycles.